The Morgan fingerprint density at radius 3 is 2.87 bits per heavy atom. The zero-order valence-corrected chi connectivity index (χ0v) is 9.98. The van der Waals surface area contributed by atoms with Gasteiger partial charge in [0.15, 0.2) is 5.58 Å². The van der Waals surface area contributed by atoms with Crippen molar-refractivity contribution in [2.45, 2.75) is 18.2 Å². The predicted molar refractivity (Wildman–Crippen MR) is 65.6 cm³/mol. The van der Waals surface area contributed by atoms with E-state index >= 15 is 0 Å². The van der Waals surface area contributed by atoms with Gasteiger partial charge < -0.3 is 10.2 Å². The van der Waals surface area contributed by atoms with E-state index in [1.807, 2.05) is 31.2 Å². The van der Waals surface area contributed by atoms with E-state index < -0.39 is 0 Å². The molecule has 1 aromatic carbocycles. The molecule has 82 valence electrons. The highest BCUT2D eigenvalue weighted by Crippen LogP contribution is 2.23. The van der Waals surface area contributed by atoms with Gasteiger partial charge in [0.2, 0.25) is 0 Å². The molecule has 5 heteroatoms. The van der Waals surface area contributed by atoms with Gasteiger partial charge in [0, 0.05) is 11.8 Å². The number of nitrogens with zero attached hydrogens (tertiary/aromatic N) is 1. The van der Waals surface area contributed by atoms with Crippen molar-refractivity contribution in [1.29, 1.82) is 0 Å². The zero-order chi connectivity index (χ0) is 9.97. The maximum Gasteiger partial charge on any atom is 0.256 e. The molecule has 0 aliphatic carbocycles. The van der Waals surface area contributed by atoms with Gasteiger partial charge in [-0.25, -0.2) is 4.98 Å². The first-order valence-corrected chi connectivity index (χ1v) is 5.48. The van der Waals surface area contributed by atoms with Crippen molar-refractivity contribution in [3.63, 3.8) is 0 Å². The van der Waals surface area contributed by atoms with E-state index in [0.717, 1.165) is 16.9 Å². The van der Waals surface area contributed by atoms with Gasteiger partial charge in [-0.05, 0) is 19.1 Å². The van der Waals surface area contributed by atoms with E-state index in [1.165, 1.54) is 0 Å². The van der Waals surface area contributed by atoms with Crippen LogP contribution in [0.4, 0.5) is 0 Å². The second kappa shape index (κ2) is 5.39. The Balaban J connectivity index is 0.00000112. The Morgan fingerprint density at radius 1 is 1.47 bits per heavy atom. The Bertz CT molecular complexity index is 397. The van der Waals surface area contributed by atoms with Gasteiger partial charge in [-0.3, -0.25) is 0 Å². The van der Waals surface area contributed by atoms with Gasteiger partial charge in [-0.2, -0.15) is 0 Å². The molecule has 1 heterocycles. The molecule has 0 radical (unpaired) electrons. The monoisotopic (exact) mass is 244 g/mol. The number of rotatable bonds is 3. The third-order valence-electron chi connectivity index (χ3n) is 1.74. The van der Waals surface area contributed by atoms with Crippen LogP contribution in [0.1, 0.15) is 6.92 Å². The summed E-state index contributed by atoms with van der Waals surface area (Å²) in [5, 5.41) is 0.698. The minimum absolute atomic E-state index is 0. The van der Waals surface area contributed by atoms with E-state index in [1.54, 1.807) is 11.8 Å². The lowest BCUT2D eigenvalue weighted by molar-refractivity contribution is 0.489. The Labute approximate surface area is 98.8 Å². The summed E-state index contributed by atoms with van der Waals surface area (Å²) in [4.78, 5) is 4.33. The van der Waals surface area contributed by atoms with E-state index in [0.29, 0.717) is 5.22 Å². The first kappa shape index (κ1) is 12.4. The number of nitrogens with two attached hydrogens (primary N) is 1. The smallest absolute Gasteiger partial charge is 0.256 e. The van der Waals surface area contributed by atoms with Crippen LogP contribution in [0.5, 0.6) is 0 Å². The summed E-state index contributed by atoms with van der Waals surface area (Å²) in [5.41, 5.74) is 7.38. The van der Waals surface area contributed by atoms with Gasteiger partial charge in [0.1, 0.15) is 5.52 Å². The van der Waals surface area contributed by atoms with E-state index in [4.69, 9.17) is 10.2 Å². The van der Waals surface area contributed by atoms with Crippen LogP contribution in [0, 0.1) is 0 Å². The average molecular weight is 245 g/mol. The molecule has 0 aliphatic heterocycles. The van der Waals surface area contributed by atoms with Crippen molar-refractivity contribution in [2.75, 3.05) is 5.75 Å². The minimum Gasteiger partial charge on any atom is -0.431 e. The number of oxazole rings is 1. The average Bonchev–Trinajstić information content (AvgIpc) is 2.57. The second-order valence-electron chi connectivity index (χ2n) is 3.24. The third-order valence-corrected chi connectivity index (χ3v) is 2.86. The summed E-state index contributed by atoms with van der Waals surface area (Å²) >= 11 is 1.55. The van der Waals surface area contributed by atoms with Crippen LogP contribution >= 0.6 is 24.2 Å². The van der Waals surface area contributed by atoms with E-state index in [9.17, 15) is 0 Å². The van der Waals surface area contributed by atoms with Crippen LogP contribution in [0.3, 0.4) is 0 Å². The predicted octanol–water partition coefficient (Wildman–Crippen LogP) is 2.69. The molecule has 1 aromatic heterocycles. The molecule has 3 nitrogen and oxygen atoms in total. The van der Waals surface area contributed by atoms with Crippen LogP contribution in [-0.2, 0) is 0 Å². The molecule has 0 saturated carbocycles. The number of aromatic nitrogens is 1. The van der Waals surface area contributed by atoms with Gasteiger partial charge >= 0.3 is 0 Å². The van der Waals surface area contributed by atoms with Crippen molar-refractivity contribution in [2.24, 2.45) is 5.73 Å². The highest BCUT2D eigenvalue weighted by atomic mass is 35.5. The third kappa shape index (κ3) is 3.12. The zero-order valence-electron chi connectivity index (χ0n) is 8.34. The highest BCUT2D eigenvalue weighted by molar-refractivity contribution is 7.99. The summed E-state index contributed by atoms with van der Waals surface area (Å²) in [7, 11) is 0. The molecular formula is C10H13ClN2OS. The topological polar surface area (TPSA) is 52.0 Å². The fourth-order valence-electron chi connectivity index (χ4n) is 1.12. The Morgan fingerprint density at radius 2 is 2.20 bits per heavy atom. The molecule has 0 spiro atoms. The Hall–Kier alpha value is -0.710. The molecule has 2 rings (SSSR count). The summed E-state index contributed by atoms with van der Waals surface area (Å²) < 4.78 is 5.51. The normalized spacial score (nSPS) is 12.4. The minimum atomic E-state index is 0. The maximum atomic E-state index is 5.64. The molecule has 1 atom stereocenters. The number of thioether (sulfide) groups is 1. The van der Waals surface area contributed by atoms with Gasteiger partial charge in [-0.15, -0.1) is 12.4 Å². The molecule has 0 amide bonds. The highest BCUT2D eigenvalue weighted by Gasteiger charge is 2.05. The Kier molecular flexibility index (Phi) is 4.45. The van der Waals surface area contributed by atoms with Crippen molar-refractivity contribution in [1.82, 2.24) is 4.98 Å². The summed E-state index contributed by atoms with van der Waals surface area (Å²) in [6.07, 6.45) is 0. The van der Waals surface area contributed by atoms with Crippen molar-refractivity contribution in [3.8, 4) is 0 Å². The number of hydrogen-bond donors (Lipinski definition) is 1. The van der Waals surface area contributed by atoms with Crippen LogP contribution in [0.25, 0.3) is 11.1 Å². The second-order valence-corrected chi connectivity index (χ2v) is 4.21. The summed E-state index contributed by atoms with van der Waals surface area (Å²) in [5.74, 6) is 0.826. The first-order valence-electron chi connectivity index (χ1n) is 4.49. The van der Waals surface area contributed by atoms with Crippen LogP contribution in [0.15, 0.2) is 33.9 Å². The SMILES string of the molecule is C[C@@H](N)CSc1nc2ccccc2o1.Cl. The van der Waals surface area contributed by atoms with E-state index in [2.05, 4.69) is 4.98 Å². The molecule has 0 saturated heterocycles. The molecular weight excluding hydrogens is 232 g/mol. The van der Waals surface area contributed by atoms with Crippen LogP contribution in [0.2, 0.25) is 0 Å². The fraction of sp³-hybridized carbons (Fsp3) is 0.300. The van der Waals surface area contributed by atoms with Crippen LogP contribution < -0.4 is 5.73 Å². The van der Waals surface area contributed by atoms with Gasteiger partial charge in [0.05, 0.1) is 0 Å². The number of halogens is 1. The fourth-order valence-corrected chi connectivity index (χ4v) is 1.83. The molecule has 0 unspecified atom stereocenters. The van der Waals surface area contributed by atoms with E-state index in [-0.39, 0.29) is 18.4 Å². The van der Waals surface area contributed by atoms with Crippen molar-refractivity contribution in [3.05, 3.63) is 24.3 Å². The molecule has 2 N–H and O–H groups in total. The number of fused-ring (bicyclic) bond motifs is 1. The van der Waals surface area contributed by atoms with Gasteiger partial charge in [-0.1, -0.05) is 23.9 Å². The van der Waals surface area contributed by atoms with Gasteiger partial charge in [0.25, 0.3) is 5.22 Å². The molecule has 0 aliphatic rings. The summed E-state index contributed by atoms with van der Waals surface area (Å²) in [6, 6.07) is 7.90. The number of benzene rings is 1. The molecule has 0 fully saturated rings. The standard InChI is InChI=1S/C10H12N2OS.ClH/c1-7(11)6-14-10-12-8-4-2-3-5-9(8)13-10;/h2-5,7H,6,11H2,1H3;1H/t7-;/m1./s1. The molecule has 0 bridgehead atoms. The quantitative estimate of drug-likeness (QED) is 0.844. The maximum absolute atomic E-state index is 5.64. The number of para-hydroxylation sites is 2. The van der Waals surface area contributed by atoms with Crippen molar-refractivity contribution >= 4 is 35.3 Å². The van der Waals surface area contributed by atoms with Crippen LogP contribution in [-0.4, -0.2) is 16.8 Å². The lowest BCUT2D eigenvalue weighted by atomic mass is 10.3. The largest absolute Gasteiger partial charge is 0.431 e. The summed E-state index contributed by atoms with van der Waals surface area (Å²) in [6.45, 7) is 1.97. The first-order chi connectivity index (χ1) is 6.75. The molecule has 2 aromatic rings. The molecule has 15 heavy (non-hydrogen) atoms. The lowest BCUT2D eigenvalue weighted by Crippen LogP contribution is -2.17. The number of hydrogen-bond acceptors (Lipinski definition) is 4. The lowest BCUT2D eigenvalue weighted by Gasteiger charge is -1.99. The van der Waals surface area contributed by atoms with Crippen molar-refractivity contribution < 1.29 is 4.42 Å².